The summed E-state index contributed by atoms with van der Waals surface area (Å²) < 4.78 is 0. The molecule has 1 heterocycles. The van der Waals surface area contributed by atoms with Crippen LogP contribution in [0.4, 0.5) is 0 Å². The van der Waals surface area contributed by atoms with Gasteiger partial charge in [-0.15, -0.1) is 0 Å². The fraction of sp³-hybridized carbons (Fsp3) is 1.00. The molecule has 0 amide bonds. The Kier molecular flexibility index (Phi) is 6.32. The van der Waals surface area contributed by atoms with E-state index in [4.69, 9.17) is 0 Å². The van der Waals surface area contributed by atoms with Crippen LogP contribution in [0, 0.1) is 17.3 Å². The van der Waals surface area contributed by atoms with E-state index in [0.717, 1.165) is 17.9 Å². The summed E-state index contributed by atoms with van der Waals surface area (Å²) in [6, 6.07) is 1.42. The SMILES string of the molecule is CCC1CNC(CC(C)C)CN1CC(C)C(C)(C)C. The average Bonchev–Trinajstić information content (AvgIpc) is 2.27. The molecule has 1 N–H and O–H groups in total. The summed E-state index contributed by atoms with van der Waals surface area (Å²) in [6.07, 6.45) is 2.56. The Balaban J connectivity index is 2.59. The topological polar surface area (TPSA) is 15.3 Å². The van der Waals surface area contributed by atoms with Crippen molar-refractivity contribution in [2.45, 2.75) is 73.4 Å². The van der Waals surface area contributed by atoms with Crippen LogP contribution in [0.1, 0.15) is 61.3 Å². The van der Waals surface area contributed by atoms with Crippen LogP contribution in [-0.2, 0) is 0 Å². The maximum atomic E-state index is 3.75. The van der Waals surface area contributed by atoms with Crippen molar-refractivity contribution in [1.29, 1.82) is 0 Å². The summed E-state index contributed by atoms with van der Waals surface area (Å²) in [6.45, 7) is 20.1. The van der Waals surface area contributed by atoms with E-state index < -0.39 is 0 Å². The molecule has 1 rings (SSSR count). The molecule has 19 heavy (non-hydrogen) atoms. The minimum atomic E-state index is 0.413. The molecule has 0 aromatic rings. The van der Waals surface area contributed by atoms with Crippen LogP contribution in [0.15, 0.2) is 0 Å². The van der Waals surface area contributed by atoms with Crippen molar-refractivity contribution >= 4 is 0 Å². The van der Waals surface area contributed by atoms with E-state index in [2.05, 4.69) is 58.7 Å². The van der Waals surface area contributed by atoms with E-state index in [9.17, 15) is 0 Å². The van der Waals surface area contributed by atoms with Gasteiger partial charge >= 0.3 is 0 Å². The van der Waals surface area contributed by atoms with Crippen LogP contribution < -0.4 is 5.32 Å². The average molecular weight is 268 g/mol. The molecule has 1 saturated heterocycles. The second-order valence-corrected chi connectivity index (χ2v) is 8.02. The van der Waals surface area contributed by atoms with Crippen molar-refractivity contribution in [2.75, 3.05) is 19.6 Å². The number of hydrogen-bond donors (Lipinski definition) is 1. The molecule has 1 fully saturated rings. The summed E-state index contributed by atoms with van der Waals surface area (Å²) in [5.41, 5.74) is 0.413. The predicted octanol–water partition coefficient (Wildman–Crippen LogP) is 3.77. The summed E-state index contributed by atoms with van der Waals surface area (Å²) in [5.74, 6) is 1.54. The summed E-state index contributed by atoms with van der Waals surface area (Å²) in [4.78, 5) is 2.75. The fourth-order valence-corrected chi connectivity index (χ4v) is 2.91. The van der Waals surface area contributed by atoms with E-state index in [0.29, 0.717) is 11.5 Å². The van der Waals surface area contributed by atoms with Gasteiger partial charge in [0.25, 0.3) is 0 Å². The molecule has 0 radical (unpaired) electrons. The third kappa shape index (κ3) is 5.43. The Hall–Kier alpha value is -0.0800. The second kappa shape index (κ2) is 7.08. The largest absolute Gasteiger partial charge is 0.311 e. The van der Waals surface area contributed by atoms with Crippen molar-refractivity contribution < 1.29 is 0 Å². The molecular formula is C17H36N2. The fourth-order valence-electron chi connectivity index (χ4n) is 2.91. The van der Waals surface area contributed by atoms with Crippen LogP contribution in [0.5, 0.6) is 0 Å². The van der Waals surface area contributed by atoms with Gasteiger partial charge in [0.05, 0.1) is 0 Å². The maximum Gasteiger partial charge on any atom is 0.0218 e. The lowest BCUT2D eigenvalue weighted by Crippen LogP contribution is -2.57. The number of nitrogens with one attached hydrogen (secondary N) is 1. The lowest BCUT2D eigenvalue weighted by molar-refractivity contribution is 0.0767. The number of hydrogen-bond acceptors (Lipinski definition) is 2. The zero-order valence-corrected chi connectivity index (χ0v) is 14.3. The van der Waals surface area contributed by atoms with Crippen molar-refractivity contribution in [1.82, 2.24) is 10.2 Å². The van der Waals surface area contributed by atoms with Crippen molar-refractivity contribution in [3.63, 3.8) is 0 Å². The Morgan fingerprint density at radius 3 is 2.32 bits per heavy atom. The van der Waals surface area contributed by atoms with Gasteiger partial charge in [0.15, 0.2) is 0 Å². The molecule has 114 valence electrons. The monoisotopic (exact) mass is 268 g/mol. The highest BCUT2D eigenvalue weighted by Gasteiger charge is 2.30. The van der Waals surface area contributed by atoms with Crippen LogP contribution in [-0.4, -0.2) is 36.6 Å². The van der Waals surface area contributed by atoms with Crippen LogP contribution in [0.3, 0.4) is 0 Å². The van der Waals surface area contributed by atoms with Crippen LogP contribution in [0.2, 0.25) is 0 Å². The summed E-state index contributed by atoms with van der Waals surface area (Å²) in [5, 5.41) is 3.75. The van der Waals surface area contributed by atoms with Gasteiger partial charge in [0.2, 0.25) is 0 Å². The quantitative estimate of drug-likeness (QED) is 0.816. The van der Waals surface area contributed by atoms with E-state index in [1.54, 1.807) is 0 Å². The minimum absolute atomic E-state index is 0.413. The van der Waals surface area contributed by atoms with Crippen molar-refractivity contribution in [3.05, 3.63) is 0 Å². The number of nitrogens with zero attached hydrogens (tertiary/aromatic N) is 1. The number of rotatable bonds is 5. The van der Waals surface area contributed by atoms with E-state index in [1.165, 1.54) is 32.5 Å². The van der Waals surface area contributed by atoms with Gasteiger partial charge in [-0.2, -0.15) is 0 Å². The normalized spacial score (nSPS) is 27.8. The van der Waals surface area contributed by atoms with Gasteiger partial charge in [0, 0.05) is 31.7 Å². The molecule has 1 aliphatic heterocycles. The van der Waals surface area contributed by atoms with Gasteiger partial charge < -0.3 is 5.32 Å². The third-order valence-corrected chi connectivity index (χ3v) is 4.83. The van der Waals surface area contributed by atoms with Gasteiger partial charge in [0.1, 0.15) is 0 Å². The van der Waals surface area contributed by atoms with Crippen molar-refractivity contribution in [3.8, 4) is 0 Å². The number of piperazine rings is 1. The standard InChI is InChI=1S/C17H36N2/c1-8-16-10-18-15(9-13(2)3)12-19(16)11-14(4)17(5,6)7/h13-16,18H,8-12H2,1-7H3. The first-order chi connectivity index (χ1) is 8.74. The first kappa shape index (κ1) is 17.0. The molecule has 2 heteroatoms. The van der Waals surface area contributed by atoms with E-state index >= 15 is 0 Å². The molecule has 0 aromatic heterocycles. The third-order valence-electron chi connectivity index (χ3n) is 4.83. The summed E-state index contributed by atoms with van der Waals surface area (Å²) in [7, 11) is 0. The first-order valence-electron chi connectivity index (χ1n) is 8.21. The molecule has 0 aromatic carbocycles. The van der Waals surface area contributed by atoms with Crippen molar-refractivity contribution in [2.24, 2.45) is 17.3 Å². The van der Waals surface area contributed by atoms with Gasteiger partial charge in [-0.1, -0.05) is 48.5 Å². The second-order valence-electron chi connectivity index (χ2n) is 8.02. The predicted molar refractivity (Wildman–Crippen MR) is 85.5 cm³/mol. The Labute approximate surface area is 121 Å². The summed E-state index contributed by atoms with van der Waals surface area (Å²) >= 11 is 0. The molecule has 2 nitrogen and oxygen atoms in total. The molecule has 1 aliphatic rings. The van der Waals surface area contributed by atoms with Crippen LogP contribution in [0.25, 0.3) is 0 Å². The highest BCUT2D eigenvalue weighted by molar-refractivity contribution is 4.88. The minimum Gasteiger partial charge on any atom is -0.311 e. The molecule has 3 atom stereocenters. The smallest absolute Gasteiger partial charge is 0.0218 e. The zero-order valence-electron chi connectivity index (χ0n) is 14.3. The molecule has 0 saturated carbocycles. The Morgan fingerprint density at radius 1 is 1.21 bits per heavy atom. The van der Waals surface area contributed by atoms with Gasteiger partial charge in [-0.25, -0.2) is 0 Å². The van der Waals surface area contributed by atoms with E-state index in [1.807, 2.05) is 0 Å². The van der Waals surface area contributed by atoms with Gasteiger partial charge in [-0.3, -0.25) is 4.90 Å². The Bertz CT molecular complexity index is 254. The highest BCUT2D eigenvalue weighted by atomic mass is 15.2. The molecule has 0 aliphatic carbocycles. The zero-order chi connectivity index (χ0) is 14.6. The highest BCUT2D eigenvalue weighted by Crippen LogP contribution is 2.28. The van der Waals surface area contributed by atoms with Crippen LogP contribution >= 0.6 is 0 Å². The lowest BCUT2D eigenvalue weighted by Gasteiger charge is -2.43. The first-order valence-corrected chi connectivity index (χ1v) is 8.21. The molecule has 0 bridgehead atoms. The van der Waals surface area contributed by atoms with E-state index in [-0.39, 0.29) is 0 Å². The lowest BCUT2D eigenvalue weighted by atomic mass is 9.81. The molecular weight excluding hydrogens is 232 g/mol. The molecule has 3 unspecified atom stereocenters. The van der Waals surface area contributed by atoms with Gasteiger partial charge in [-0.05, 0) is 30.1 Å². The molecule has 0 spiro atoms. The Morgan fingerprint density at radius 2 is 1.84 bits per heavy atom. The maximum absolute atomic E-state index is 3.75.